The summed E-state index contributed by atoms with van der Waals surface area (Å²) in [6, 6.07) is -0.285. The van der Waals surface area contributed by atoms with Gasteiger partial charge in [-0.25, -0.2) is 4.79 Å². The summed E-state index contributed by atoms with van der Waals surface area (Å²) in [6.07, 6.45) is 2.30. The minimum Gasteiger partial charge on any atom is -0.466 e. The SMILES string of the molecule is CCOC(=O)[C@H]1CC[C@H](OC[C@@H]2[C@@H](OCC)[C@@H](OC)CN2C(=O)OC(C)(C)C)CC1. The molecule has 2 rings (SSSR count). The Hall–Kier alpha value is -1.38. The lowest BCUT2D eigenvalue weighted by atomic mass is 9.87. The Morgan fingerprint density at radius 3 is 2.20 bits per heavy atom. The fourth-order valence-electron chi connectivity index (χ4n) is 4.15. The number of carbonyl (C=O) groups excluding carboxylic acids is 2. The molecule has 1 aliphatic carbocycles. The third kappa shape index (κ3) is 6.82. The molecule has 0 N–H and O–H groups in total. The molecule has 2 aliphatic rings. The molecule has 0 radical (unpaired) electrons. The van der Waals surface area contributed by atoms with Crippen molar-refractivity contribution in [1.82, 2.24) is 4.90 Å². The summed E-state index contributed by atoms with van der Waals surface area (Å²) in [5, 5.41) is 0. The molecule has 0 bridgehead atoms. The maximum absolute atomic E-state index is 12.8. The highest BCUT2D eigenvalue weighted by Gasteiger charge is 2.47. The van der Waals surface area contributed by atoms with E-state index in [1.165, 1.54) is 0 Å². The van der Waals surface area contributed by atoms with Crippen LogP contribution in [0, 0.1) is 5.92 Å². The van der Waals surface area contributed by atoms with Crippen molar-refractivity contribution in [2.75, 3.05) is 33.5 Å². The van der Waals surface area contributed by atoms with Crippen LogP contribution in [0.5, 0.6) is 0 Å². The van der Waals surface area contributed by atoms with Crippen molar-refractivity contribution < 1.29 is 33.3 Å². The van der Waals surface area contributed by atoms with Crippen LogP contribution in [0.2, 0.25) is 0 Å². The van der Waals surface area contributed by atoms with Crippen LogP contribution in [0.25, 0.3) is 0 Å². The third-order valence-corrected chi connectivity index (χ3v) is 5.61. The van der Waals surface area contributed by atoms with Gasteiger partial charge in [0.2, 0.25) is 0 Å². The molecule has 1 amide bonds. The Kier molecular flexibility index (Phi) is 9.37. The van der Waals surface area contributed by atoms with Gasteiger partial charge in [0, 0.05) is 13.7 Å². The number of nitrogens with zero attached hydrogens (tertiary/aromatic N) is 1. The first kappa shape index (κ1) is 24.9. The fraction of sp³-hybridized carbons (Fsp3) is 0.909. The van der Waals surface area contributed by atoms with Crippen molar-refractivity contribution in [1.29, 1.82) is 0 Å². The summed E-state index contributed by atoms with van der Waals surface area (Å²) >= 11 is 0. The monoisotopic (exact) mass is 429 g/mol. The topological polar surface area (TPSA) is 83.5 Å². The van der Waals surface area contributed by atoms with E-state index < -0.39 is 5.60 Å². The molecule has 0 unspecified atom stereocenters. The molecule has 1 saturated heterocycles. The van der Waals surface area contributed by atoms with Crippen molar-refractivity contribution in [3.05, 3.63) is 0 Å². The molecule has 3 atom stereocenters. The highest BCUT2D eigenvalue weighted by Crippen LogP contribution is 2.30. The van der Waals surface area contributed by atoms with Gasteiger partial charge in [0.25, 0.3) is 0 Å². The van der Waals surface area contributed by atoms with Crippen LogP contribution in [-0.4, -0.2) is 80.4 Å². The smallest absolute Gasteiger partial charge is 0.410 e. The van der Waals surface area contributed by atoms with Gasteiger partial charge < -0.3 is 23.7 Å². The summed E-state index contributed by atoms with van der Waals surface area (Å²) in [7, 11) is 1.63. The number of ether oxygens (including phenoxy) is 5. The number of hydrogen-bond donors (Lipinski definition) is 0. The van der Waals surface area contributed by atoms with Crippen molar-refractivity contribution in [2.45, 2.75) is 90.3 Å². The van der Waals surface area contributed by atoms with Crippen LogP contribution < -0.4 is 0 Å². The molecular formula is C22H39NO7. The van der Waals surface area contributed by atoms with E-state index in [1.54, 1.807) is 12.0 Å². The Labute approximate surface area is 180 Å². The first-order chi connectivity index (χ1) is 14.2. The van der Waals surface area contributed by atoms with E-state index in [9.17, 15) is 9.59 Å². The second-order valence-electron chi connectivity index (χ2n) is 8.95. The average Bonchev–Trinajstić information content (AvgIpc) is 3.03. The highest BCUT2D eigenvalue weighted by atomic mass is 16.6. The van der Waals surface area contributed by atoms with Gasteiger partial charge in [-0.2, -0.15) is 0 Å². The molecule has 2 fully saturated rings. The molecule has 8 heteroatoms. The van der Waals surface area contributed by atoms with Crippen LogP contribution in [0.1, 0.15) is 60.3 Å². The zero-order valence-electron chi connectivity index (χ0n) is 19.3. The van der Waals surface area contributed by atoms with Crippen LogP contribution in [0.15, 0.2) is 0 Å². The Morgan fingerprint density at radius 2 is 1.67 bits per heavy atom. The number of rotatable bonds is 8. The molecule has 0 aromatic carbocycles. The lowest BCUT2D eigenvalue weighted by Gasteiger charge is -2.32. The lowest BCUT2D eigenvalue weighted by molar-refractivity contribution is -0.150. The van der Waals surface area contributed by atoms with Crippen LogP contribution in [-0.2, 0) is 28.5 Å². The van der Waals surface area contributed by atoms with E-state index in [0.29, 0.717) is 26.4 Å². The summed E-state index contributed by atoms with van der Waals surface area (Å²) < 4.78 is 28.4. The molecular weight excluding hydrogens is 390 g/mol. The van der Waals surface area contributed by atoms with Gasteiger partial charge in [-0.3, -0.25) is 9.69 Å². The number of amides is 1. The van der Waals surface area contributed by atoms with E-state index in [4.69, 9.17) is 23.7 Å². The third-order valence-electron chi connectivity index (χ3n) is 5.61. The van der Waals surface area contributed by atoms with Crippen LogP contribution in [0.3, 0.4) is 0 Å². The number of esters is 1. The maximum Gasteiger partial charge on any atom is 0.410 e. The lowest BCUT2D eigenvalue weighted by Crippen LogP contribution is -2.46. The first-order valence-electron chi connectivity index (χ1n) is 11.1. The van der Waals surface area contributed by atoms with Crippen LogP contribution in [0.4, 0.5) is 4.79 Å². The molecule has 174 valence electrons. The van der Waals surface area contributed by atoms with Gasteiger partial charge in [-0.1, -0.05) is 0 Å². The molecule has 0 aromatic rings. The van der Waals surface area contributed by atoms with Gasteiger partial charge in [0.1, 0.15) is 17.8 Å². The number of methoxy groups -OCH3 is 1. The zero-order chi connectivity index (χ0) is 22.3. The van der Waals surface area contributed by atoms with Gasteiger partial charge in [0.15, 0.2) is 0 Å². The fourth-order valence-corrected chi connectivity index (χ4v) is 4.15. The summed E-state index contributed by atoms with van der Waals surface area (Å²) in [4.78, 5) is 26.4. The standard InChI is InChI=1S/C22H39NO7/c1-7-27-19-17(23(13-18(19)26-6)21(25)30-22(3,4)5)14-29-16-11-9-15(10-12-16)20(24)28-8-2/h15-19H,7-14H2,1-6H3/t15-,16-,17-,18+,19-/m1/s1. The number of likely N-dealkylation sites (tertiary alicyclic amines) is 1. The van der Waals surface area contributed by atoms with Crippen molar-refractivity contribution >= 4 is 12.1 Å². The molecule has 1 aliphatic heterocycles. The molecule has 30 heavy (non-hydrogen) atoms. The first-order valence-corrected chi connectivity index (χ1v) is 11.1. The number of hydrogen-bond acceptors (Lipinski definition) is 7. The number of carbonyl (C=O) groups is 2. The van der Waals surface area contributed by atoms with E-state index in [0.717, 1.165) is 25.7 Å². The minimum absolute atomic E-state index is 0.0383. The summed E-state index contributed by atoms with van der Waals surface area (Å²) in [5.74, 6) is -0.147. The Morgan fingerprint density at radius 1 is 1.00 bits per heavy atom. The van der Waals surface area contributed by atoms with E-state index in [1.807, 2.05) is 34.6 Å². The zero-order valence-corrected chi connectivity index (χ0v) is 19.3. The van der Waals surface area contributed by atoms with Gasteiger partial charge in [-0.05, 0) is 60.3 Å². The minimum atomic E-state index is -0.583. The predicted octanol–water partition coefficient (Wildman–Crippen LogP) is 3.16. The van der Waals surface area contributed by atoms with Gasteiger partial charge in [0.05, 0.1) is 37.8 Å². The maximum atomic E-state index is 12.8. The van der Waals surface area contributed by atoms with E-state index in [-0.39, 0.29) is 42.3 Å². The molecule has 1 saturated carbocycles. The van der Waals surface area contributed by atoms with E-state index in [2.05, 4.69) is 0 Å². The molecule has 1 heterocycles. The average molecular weight is 430 g/mol. The predicted molar refractivity (Wildman–Crippen MR) is 111 cm³/mol. The Balaban J connectivity index is 1.98. The van der Waals surface area contributed by atoms with Crippen molar-refractivity contribution in [3.63, 3.8) is 0 Å². The van der Waals surface area contributed by atoms with Crippen molar-refractivity contribution in [2.24, 2.45) is 5.92 Å². The Bertz CT molecular complexity index is 554. The summed E-state index contributed by atoms with van der Waals surface area (Å²) in [6.45, 7) is 11.0. The largest absolute Gasteiger partial charge is 0.466 e. The molecule has 0 aromatic heterocycles. The quantitative estimate of drug-likeness (QED) is 0.548. The van der Waals surface area contributed by atoms with Crippen molar-refractivity contribution in [3.8, 4) is 0 Å². The molecule has 8 nitrogen and oxygen atoms in total. The van der Waals surface area contributed by atoms with Gasteiger partial charge >= 0.3 is 12.1 Å². The van der Waals surface area contributed by atoms with Gasteiger partial charge in [-0.15, -0.1) is 0 Å². The molecule has 0 spiro atoms. The second kappa shape index (κ2) is 11.3. The second-order valence-corrected chi connectivity index (χ2v) is 8.95. The summed E-state index contributed by atoms with van der Waals surface area (Å²) in [5.41, 5.74) is -0.583. The normalized spacial score (nSPS) is 29.7. The van der Waals surface area contributed by atoms with E-state index >= 15 is 0 Å². The highest BCUT2D eigenvalue weighted by molar-refractivity contribution is 5.72. The van der Waals surface area contributed by atoms with Crippen LogP contribution >= 0.6 is 0 Å².